The zero-order valence-electron chi connectivity index (χ0n) is 17.0. The van der Waals surface area contributed by atoms with Crippen LogP contribution in [0.3, 0.4) is 0 Å². The lowest BCUT2D eigenvalue weighted by Crippen LogP contribution is -2.36. The van der Waals surface area contributed by atoms with Gasteiger partial charge in [0.1, 0.15) is 18.4 Å². The Morgan fingerprint density at radius 2 is 1.81 bits per heavy atom. The number of hydrogen-bond acceptors (Lipinski definition) is 4. The molecule has 31 heavy (non-hydrogen) atoms. The summed E-state index contributed by atoms with van der Waals surface area (Å²) in [7, 11) is 0. The maximum absolute atomic E-state index is 12.5. The van der Waals surface area contributed by atoms with Crippen molar-refractivity contribution in [2.24, 2.45) is 5.10 Å². The number of ether oxygens (including phenoxy) is 1. The molecule has 0 aliphatic rings. The van der Waals surface area contributed by atoms with Crippen LogP contribution in [0.2, 0.25) is 0 Å². The lowest BCUT2D eigenvalue weighted by Gasteiger charge is -2.16. The molecular weight excluding hydrogens is 522 g/mol. The van der Waals surface area contributed by atoms with Gasteiger partial charge in [0.15, 0.2) is 0 Å². The Labute approximate surface area is 199 Å². The van der Waals surface area contributed by atoms with Crippen molar-refractivity contribution in [3.05, 3.63) is 92.9 Å². The zero-order chi connectivity index (χ0) is 22.1. The van der Waals surface area contributed by atoms with E-state index < -0.39 is 6.04 Å². The van der Waals surface area contributed by atoms with Gasteiger partial charge in [0, 0.05) is 20.2 Å². The van der Waals surface area contributed by atoms with E-state index in [0.717, 1.165) is 25.8 Å². The van der Waals surface area contributed by atoms with Crippen molar-refractivity contribution in [3.63, 3.8) is 0 Å². The zero-order valence-corrected chi connectivity index (χ0v) is 20.2. The first kappa shape index (κ1) is 23.0. The normalized spacial score (nSPS) is 11.8. The van der Waals surface area contributed by atoms with Crippen molar-refractivity contribution in [1.82, 2.24) is 5.43 Å². The van der Waals surface area contributed by atoms with Gasteiger partial charge < -0.3 is 10.1 Å². The van der Waals surface area contributed by atoms with Gasteiger partial charge in [-0.2, -0.15) is 5.10 Å². The third-order valence-corrected chi connectivity index (χ3v) is 5.52. The average molecular weight is 545 g/mol. The number of benzene rings is 3. The molecule has 0 aromatic heterocycles. The molecule has 1 atom stereocenters. The van der Waals surface area contributed by atoms with E-state index in [1.54, 1.807) is 6.21 Å². The maximum Gasteiger partial charge on any atom is 0.262 e. The number of rotatable bonds is 9. The summed E-state index contributed by atoms with van der Waals surface area (Å²) < 4.78 is 7.92. The minimum Gasteiger partial charge on any atom is -0.488 e. The Balaban J connectivity index is 1.59. The average Bonchev–Trinajstić information content (AvgIpc) is 2.78. The second kappa shape index (κ2) is 11.7. The number of anilines is 1. The van der Waals surface area contributed by atoms with Crippen molar-refractivity contribution in [2.75, 3.05) is 5.32 Å². The van der Waals surface area contributed by atoms with Crippen LogP contribution in [0.1, 0.15) is 24.5 Å². The molecule has 0 aliphatic heterocycles. The molecule has 0 radical (unpaired) electrons. The topological polar surface area (TPSA) is 62.7 Å². The summed E-state index contributed by atoms with van der Waals surface area (Å²) in [5.74, 6) is 0.495. The van der Waals surface area contributed by atoms with E-state index in [0.29, 0.717) is 18.8 Å². The second-order valence-electron chi connectivity index (χ2n) is 6.80. The van der Waals surface area contributed by atoms with Gasteiger partial charge in [-0.15, -0.1) is 0 Å². The molecule has 0 fully saturated rings. The van der Waals surface area contributed by atoms with Crippen LogP contribution in [0, 0.1) is 0 Å². The standard InChI is InChI=1S/C24H23Br2N3O2/c1-2-22(28-21-8-5-7-20(26)14-21)24(30)29-27-15-18-6-3-4-9-23(18)31-16-17-10-12-19(25)13-11-17/h3-15,22,28H,2,16H2,1H3,(H,29,30)/t22-/m1/s1. The second-order valence-corrected chi connectivity index (χ2v) is 8.63. The molecule has 0 unspecified atom stereocenters. The summed E-state index contributed by atoms with van der Waals surface area (Å²) in [4.78, 5) is 12.5. The summed E-state index contributed by atoms with van der Waals surface area (Å²) in [5, 5.41) is 7.36. The Morgan fingerprint density at radius 3 is 2.55 bits per heavy atom. The lowest BCUT2D eigenvalue weighted by molar-refractivity contribution is -0.121. The molecule has 2 N–H and O–H groups in total. The van der Waals surface area contributed by atoms with Gasteiger partial charge in [-0.05, 0) is 54.4 Å². The summed E-state index contributed by atoms with van der Waals surface area (Å²) in [6.07, 6.45) is 2.22. The van der Waals surface area contributed by atoms with Crippen molar-refractivity contribution >= 4 is 49.7 Å². The highest BCUT2D eigenvalue weighted by molar-refractivity contribution is 9.10. The van der Waals surface area contributed by atoms with Crippen LogP contribution >= 0.6 is 31.9 Å². The van der Waals surface area contributed by atoms with Gasteiger partial charge in [0.05, 0.1) is 6.21 Å². The molecular formula is C24H23Br2N3O2. The fourth-order valence-electron chi connectivity index (χ4n) is 2.84. The molecule has 7 heteroatoms. The highest BCUT2D eigenvalue weighted by Crippen LogP contribution is 2.19. The molecule has 0 bridgehead atoms. The number of hydrogen-bond donors (Lipinski definition) is 2. The van der Waals surface area contributed by atoms with Crippen molar-refractivity contribution in [3.8, 4) is 5.75 Å². The fourth-order valence-corrected chi connectivity index (χ4v) is 3.50. The number of nitrogens with zero attached hydrogens (tertiary/aromatic N) is 1. The van der Waals surface area contributed by atoms with E-state index in [4.69, 9.17) is 4.74 Å². The van der Waals surface area contributed by atoms with Gasteiger partial charge in [-0.1, -0.05) is 69.1 Å². The highest BCUT2D eigenvalue weighted by Gasteiger charge is 2.15. The Kier molecular flexibility index (Phi) is 8.67. The largest absolute Gasteiger partial charge is 0.488 e. The predicted molar refractivity (Wildman–Crippen MR) is 132 cm³/mol. The molecule has 3 rings (SSSR count). The van der Waals surface area contributed by atoms with Crippen molar-refractivity contribution in [1.29, 1.82) is 0 Å². The van der Waals surface area contributed by atoms with Crippen molar-refractivity contribution in [2.45, 2.75) is 26.0 Å². The number of carbonyl (C=O) groups is 1. The molecule has 0 saturated carbocycles. The number of hydrazone groups is 1. The first-order valence-electron chi connectivity index (χ1n) is 9.86. The Bertz CT molecular complexity index is 1040. The highest BCUT2D eigenvalue weighted by atomic mass is 79.9. The molecule has 0 spiro atoms. The first-order valence-corrected chi connectivity index (χ1v) is 11.4. The van der Waals surface area contributed by atoms with Gasteiger partial charge in [0.2, 0.25) is 0 Å². The van der Waals surface area contributed by atoms with Gasteiger partial charge in [0.25, 0.3) is 5.91 Å². The van der Waals surface area contributed by atoms with Gasteiger partial charge in [-0.25, -0.2) is 5.43 Å². The third-order valence-electron chi connectivity index (χ3n) is 4.50. The smallest absolute Gasteiger partial charge is 0.262 e. The number of para-hydroxylation sites is 1. The molecule has 0 saturated heterocycles. The maximum atomic E-state index is 12.5. The van der Waals surface area contributed by atoms with Crippen molar-refractivity contribution < 1.29 is 9.53 Å². The molecule has 0 heterocycles. The van der Waals surface area contributed by atoms with Crippen LogP contribution in [-0.4, -0.2) is 18.2 Å². The van der Waals surface area contributed by atoms with E-state index in [1.165, 1.54) is 0 Å². The monoisotopic (exact) mass is 543 g/mol. The number of nitrogens with one attached hydrogen (secondary N) is 2. The van der Waals surface area contributed by atoms with Crippen LogP contribution in [0.5, 0.6) is 5.75 Å². The summed E-state index contributed by atoms with van der Waals surface area (Å²) in [6, 6.07) is 22.9. The van der Waals surface area contributed by atoms with E-state index in [2.05, 4.69) is 47.7 Å². The molecule has 3 aromatic carbocycles. The number of amides is 1. The van der Waals surface area contributed by atoms with Gasteiger partial charge >= 0.3 is 0 Å². The molecule has 0 aliphatic carbocycles. The van der Waals surface area contributed by atoms with E-state index >= 15 is 0 Å². The first-order chi connectivity index (χ1) is 15.0. The van der Waals surface area contributed by atoms with Crippen LogP contribution in [0.25, 0.3) is 0 Å². The van der Waals surface area contributed by atoms with E-state index in [-0.39, 0.29) is 5.91 Å². The minimum atomic E-state index is -0.393. The van der Waals surface area contributed by atoms with Gasteiger partial charge in [-0.3, -0.25) is 4.79 Å². The molecule has 3 aromatic rings. The fraction of sp³-hybridized carbons (Fsp3) is 0.167. The molecule has 1 amide bonds. The summed E-state index contributed by atoms with van der Waals surface area (Å²) >= 11 is 6.87. The van der Waals surface area contributed by atoms with Crippen LogP contribution < -0.4 is 15.5 Å². The Hall–Kier alpha value is -2.64. The lowest BCUT2D eigenvalue weighted by atomic mass is 10.2. The van der Waals surface area contributed by atoms with E-state index in [9.17, 15) is 4.79 Å². The number of carbonyl (C=O) groups excluding carboxylic acids is 1. The molecule has 5 nitrogen and oxygen atoms in total. The number of halogens is 2. The van der Waals surface area contributed by atoms with E-state index in [1.807, 2.05) is 79.7 Å². The SMILES string of the molecule is CC[C@@H](Nc1cccc(Br)c1)C(=O)NN=Cc1ccccc1OCc1ccc(Br)cc1. The minimum absolute atomic E-state index is 0.202. The summed E-state index contributed by atoms with van der Waals surface area (Å²) in [5.41, 5.74) is 5.34. The van der Waals surface area contributed by atoms with Crippen LogP contribution in [0.15, 0.2) is 86.8 Å². The molecule has 160 valence electrons. The Morgan fingerprint density at radius 1 is 1.03 bits per heavy atom. The predicted octanol–water partition coefficient (Wildman–Crippen LogP) is 6.13. The quantitative estimate of drug-likeness (QED) is 0.251. The summed E-state index contributed by atoms with van der Waals surface area (Å²) in [6.45, 7) is 2.39. The third kappa shape index (κ3) is 7.22. The van der Waals surface area contributed by atoms with Crippen LogP contribution in [-0.2, 0) is 11.4 Å². The van der Waals surface area contributed by atoms with Crippen LogP contribution in [0.4, 0.5) is 5.69 Å².